The lowest BCUT2D eigenvalue weighted by atomic mass is 9.95. The molecule has 3 aromatic rings. The molecule has 0 fully saturated rings. The summed E-state index contributed by atoms with van der Waals surface area (Å²) in [4.78, 5) is 6.74. The number of nitrogens with zero attached hydrogens (tertiary/aromatic N) is 1. The molecule has 1 aliphatic carbocycles. The number of halogens is 3. The zero-order chi connectivity index (χ0) is 18.9. The van der Waals surface area contributed by atoms with Gasteiger partial charge >= 0.3 is 0 Å². The van der Waals surface area contributed by atoms with Crippen molar-refractivity contribution in [2.45, 2.75) is 33.1 Å². The van der Waals surface area contributed by atoms with E-state index in [1.165, 1.54) is 29.8 Å². The first-order chi connectivity index (χ1) is 13.0. The van der Waals surface area contributed by atoms with Gasteiger partial charge in [-0.15, -0.1) is 23.5 Å². The highest BCUT2D eigenvalue weighted by molar-refractivity contribution is 9.10. The van der Waals surface area contributed by atoms with Crippen LogP contribution in [0.5, 0.6) is 0 Å². The van der Waals surface area contributed by atoms with Crippen molar-refractivity contribution in [3.63, 3.8) is 0 Å². The van der Waals surface area contributed by atoms with E-state index in [2.05, 4.69) is 22.0 Å². The summed E-state index contributed by atoms with van der Waals surface area (Å²) in [6, 6.07) is 15.3. The van der Waals surface area contributed by atoms with Gasteiger partial charge in [0.2, 0.25) is 0 Å². The minimum Gasteiger partial charge on any atom is -0.257 e. The van der Waals surface area contributed by atoms with Crippen molar-refractivity contribution in [1.82, 2.24) is 4.98 Å². The lowest BCUT2D eigenvalue weighted by Crippen LogP contribution is -2.25. The van der Waals surface area contributed by atoms with E-state index in [1.54, 1.807) is 47.8 Å². The summed E-state index contributed by atoms with van der Waals surface area (Å²) in [5.74, 6) is -0.489. The smallest absolute Gasteiger partial charge is 0.123 e. The Balaban J connectivity index is 1.78. The molecule has 0 N–H and O–H groups in total. The largest absolute Gasteiger partial charge is 0.257 e. The third kappa shape index (κ3) is 4.23. The van der Waals surface area contributed by atoms with Crippen molar-refractivity contribution in [2.24, 2.45) is 0 Å². The molecule has 27 heavy (non-hydrogen) atoms. The standard InChI is InChI=1S/C21H16BrF2NS2/c22-15-12-14-2-1-11-21(20(14)25-13-15,26-18-7-3-16(23)4-8-18)27-19-9-5-17(24)6-10-19/h3-10,12-13H,1-2,11H2. The van der Waals surface area contributed by atoms with Crippen LogP contribution in [-0.4, -0.2) is 4.98 Å². The summed E-state index contributed by atoms with van der Waals surface area (Å²) in [5.41, 5.74) is 2.26. The quantitative estimate of drug-likeness (QED) is 0.379. The number of aromatic nitrogens is 1. The summed E-state index contributed by atoms with van der Waals surface area (Å²) in [6.07, 6.45) is 4.78. The van der Waals surface area contributed by atoms with Crippen molar-refractivity contribution >= 4 is 39.5 Å². The van der Waals surface area contributed by atoms with Gasteiger partial charge in [-0.2, -0.15) is 0 Å². The van der Waals surface area contributed by atoms with Crippen LogP contribution < -0.4 is 0 Å². The molecule has 1 heterocycles. The third-order valence-electron chi connectivity index (χ3n) is 4.44. The Kier molecular flexibility index (Phi) is 5.58. The lowest BCUT2D eigenvalue weighted by molar-refractivity contribution is 0.619. The van der Waals surface area contributed by atoms with Crippen LogP contribution in [-0.2, 0) is 10.5 Å². The van der Waals surface area contributed by atoms with E-state index in [9.17, 15) is 8.78 Å². The minimum atomic E-state index is -0.343. The minimum absolute atomic E-state index is 0.245. The van der Waals surface area contributed by atoms with Crippen LogP contribution >= 0.6 is 39.5 Å². The van der Waals surface area contributed by atoms with E-state index in [0.717, 1.165) is 39.2 Å². The molecule has 0 unspecified atom stereocenters. The number of benzene rings is 2. The van der Waals surface area contributed by atoms with E-state index in [4.69, 9.17) is 4.98 Å². The number of thioether (sulfide) groups is 2. The highest BCUT2D eigenvalue weighted by atomic mass is 79.9. The van der Waals surface area contributed by atoms with Gasteiger partial charge in [0.1, 0.15) is 15.7 Å². The highest BCUT2D eigenvalue weighted by Crippen LogP contribution is 2.58. The van der Waals surface area contributed by atoms with Gasteiger partial charge in [0.05, 0.1) is 5.69 Å². The number of hydrogen-bond donors (Lipinski definition) is 0. The van der Waals surface area contributed by atoms with Gasteiger partial charge in [-0.05, 0) is 95.4 Å². The molecule has 4 rings (SSSR count). The van der Waals surface area contributed by atoms with E-state index in [0.29, 0.717) is 0 Å². The van der Waals surface area contributed by atoms with Crippen molar-refractivity contribution in [3.8, 4) is 0 Å². The normalized spacial score (nSPS) is 15.4. The second-order valence-electron chi connectivity index (χ2n) is 6.38. The van der Waals surface area contributed by atoms with Crippen LogP contribution in [0.15, 0.2) is 75.1 Å². The molecule has 0 bridgehead atoms. The van der Waals surface area contributed by atoms with Crippen molar-refractivity contribution < 1.29 is 8.78 Å². The van der Waals surface area contributed by atoms with Gasteiger partial charge < -0.3 is 0 Å². The average Bonchev–Trinajstić information content (AvgIpc) is 2.66. The number of aryl methyl sites for hydroxylation is 1. The first-order valence-electron chi connectivity index (χ1n) is 8.58. The second kappa shape index (κ2) is 7.94. The average molecular weight is 464 g/mol. The maximum absolute atomic E-state index is 13.4. The van der Waals surface area contributed by atoms with Crippen LogP contribution in [0.1, 0.15) is 24.1 Å². The van der Waals surface area contributed by atoms with Crippen molar-refractivity contribution in [1.29, 1.82) is 0 Å². The fourth-order valence-corrected chi connectivity index (χ4v) is 6.73. The predicted octanol–water partition coefficient (Wildman–Crippen LogP) is 7.20. The van der Waals surface area contributed by atoms with Crippen LogP contribution in [0, 0.1) is 11.6 Å². The first-order valence-corrected chi connectivity index (χ1v) is 11.0. The van der Waals surface area contributed by atoms with Crippen molar-refractivity contribution in [3.05, 3.63) is 88.2 Å². The maximum atomic E-state index is 13.4. The Bertz CT molecular complexity index is 898. The SMILES string of the molecule is Fc1ccc(SC2(Sc3ccc(F)cc3)CCCc3cc(Br)cnc32)cc1. The fraction of sp³-hybridized carbons (Fsp3) is 0.190. The highest BCUT2D eigenvalue weighted by Gasteiger charge is 2.40. The van der Waals surface area contributed by atoms with E-state index < -0.39 is 0 Å². The van der Waals surface area contributed by atoms with Crippen LogP contribution in [0.2, 0.25) is 0 Å². The van der Waals surface area contributed by atoms with Gasteiger partial charge in [0.15, 0.2) is 0 Å². The molecule has 6 heteroatoms. The summed E-state index contributed by atoms with van der Waals surface area (Å²) in [5, 5.41) is 0. The molecule has 1 aromatic heterocycles. The molecular weight excluding hydrogens is 448 g/mol. The first kappa shape index (κ1) is 19.0. The lowest BCUT2D eigenvalue weighted by Gasteiger charge is -2.37. The zero-order valence-electron chi connectivity index (χ0n) is 14.3. The number of fused-ring (bicyclic) bond motifs is 1. The summed E-state index contributed by atoms with van der Waals surface area (Å²) >= 11 is 6.90. The topological polar surface area (TPSA) is 12.9 Å². The number of rotatable bonds is 4. The third-order valence-corrected chi connectivity index (χ3v) is 7.84. The van der Waals surface area contributed by atoms with Gasteiger partial charge in [-0.25, -0.2) is 8.78 Å². The Morgan fingerprint density at radius 3 is 2.00 bits per heavy atom. The number of pyridine rings is 1. The Hall–Kier alpha value is -1.37. The molecule has 0 saturated heterocycles. The molecule has 0 aliphatic heterocycles. The molecule has 1 aliphatic rings. The van der Waals surface area contributed by atoms with Crippen LogP contribution in [0.4, 0.5) is 8.78 Å². The van der Waals surface area contributed by atoms with Gasteiger partial charge in [0, 0.05) is 20.5 Å². The molecule has 1 nitrogen and oxygen atoms in total. The monoisotopic (exact) mass is 463 g/mol. The number of hydrogen-bond acceptors (Lipinski definition) is 3. The Morgan fingerprint density at radius 2 is 1.44 bits per heavy atom. The van der Waals surface area contributed by atoms with Crippen molar-refractivity contribution in [2.75, 3.05) is 0 Å². The van der Waals surface area contributed by atoms with Crippen LogP contribution in [0.25, 0.3) is 0 Å². The Labute approximate surface area is 174 Å². The molecule has 138 valence electrons. The van der Waals surface area contributed by atoms with E-state index >= 15 is 0 Å². The molecule has 0 saturated carbocycles. The summed E-state index contributed by atoms with van der Waals surface area (Å²) < 4.78 is 27.3. The fourth-order valence-electron chi connectivity index (χ4n) is 3.25. The molecular formula is C21H16BrF2NS2. The maximum Gasteiger partial charge on any atom is 0.123 e. The molecule has 0 radical (unpaired) electrons. The second-order valence-corrected chi connectivity index (χ2v) is 10.3. The van der Waals surface area contributed by atoms with E-state index in [1.807, 2.05) is 6.20 Å². The molecule has 0 atom stereocenters. The molecule has 2 aromatic carbocycles. The van der Waals surface area contributed by atoms with E-state index in [-0.39, 0.29) is 15.7 Å². The van der Waals surface area contributed by atoms with Gasteiger partial charge in [0.25, 0.3) is 0 Å². The van der Waals surface area contributed by atoms with Crippen LogP contribution in [0.3, 0.4) is 0 Å². The Morgan fingerprint density at radius 1 is 0.889 bits per heavy atom. The zero-order valence-corrected chi connectivity index (χ0v) is 17.5. The molecule has 0 amide bonds. The summed E-state index contributed by atoms with van der Waals surface area (Å²) in [7, 11) is 0. The predicted molar refractivity (Wildman–Crippen MR) is 111 cm³/mol. The molecule has 0 spiro atoms. The van der Waals surface area contributed by atoms with Gasteiger partial charge in [-0.3, -0.25) is 4.98 Å². The van der Waals surface area contributed by atoms with Gasteiger partial charge in [-0.1, -0.05) is 0 Å². The summed E-state index contributed by atoms with van der Waals surface area (Å²) in [6.45, 7) is 0.